The number of hydrogen-bond acceptors (Lipinski definition) is 0. The van der Waals surface area contributed by atoms with E-state index < -0.39 is 0 Å². The molecular formula is C21H15Br. The van der Waals surface area contributed by atoms with Crippen LogP contribution >= 0.6 is 0 Å². The Morgan fingerprint density at radius 3 is 1.23 bits per heavy atom. The number of halogens is 1. The summed E-state index contributed by atoms with van der Waals surface area (Å²) in [6.45, 7) is 0. The average Bonchev–Trinajstić information content (AvgIpc) is 3.33. The monoisotopic (exact) mass is 346 g/mol. The Kier molecular flexibility index (Phi) is 4.17. The van der Waals surface area contributed by atoms with Gasteiger partial charge in [-0.25, -0.2) is 0 Å². The van der Waals surface area contributed by atoms with Crippen LogP contribution in [-0.2, 0) is 0 Å². The lowest BCUT2D eigenvalue weighted by molar-refractivity contribution is -0.00000394. The van der Waals surface area contributed by atoms with Gasteiger partial charge in [-0.3, -0.25) is 0 Å². The highest BCUT2D eigenvalue weighted by molar-refractivity contribution is 6.14. The minimum Gasteiger partial charge on any atom is -1.00 e. The van der Waals surface area contributed by atoms with Crippen molar-refractivity contribution in [3.8, 4) is 33.4 Å². The van der Waals surface area contributed by atoms with Gasteiger partial charge in [0.2, 0.25) is 0 Å². The zero-order chi connectivity index (χ0) is 14.1. The standard InChI is InChI=1S/C21H15.BrH/c1-4-10-16(11-5-1)19-20(17-12-6-2-7-13-17)21(19)18-14-8-3-9-15-18;/h1-15H;1H/q+1;/p-1. The molecule has 106 valence electrons. The smallest absolute Gasteiger partial charge is 0.120 e. The Morgan fingerprint density at radius 2 is 0.818 bits per heavy atom. The van der Waals surface area contributed by atoms with E-state index in [9.17, 15) is 0 Å². The Labute approximate surface area is 141 Å². The molecule has 0 aliphatic heterocycles. The van der Waals surface area contributed by atoms with Gasteiger partial charge in [-0.05, 0) is 48.5 Å². The highest BCUT2D eigenvalue weighted by Gasteiger charge is 2.37. The summed E-state index contributed by atoms with van der Waals surface area (Å²) < 4.78 is 0. The van der Waals surface area contributed by atoms with Crippen molar-refractivity contribution < 1.29 is 17.0 Å². The summed E-state index contributed by atoms with van der Waals surface area (Å²) in [5.74, 6) is 0. The SMILES string of the molecule is [Br-].c1ccc(-c2c(-c3ccccc3)[c+]2-c2ccccc2)cc1. The van der Waals surface area contributed by atoms with E-state index in [0.717, 1.165) is 0 Å². The van der Waals surface area contributed by atoms with Gasteiger partial charge >= 0.3 is 0 Å². The van der Waals surface area contributed by atoms with Crippen molar-refractivity contribution in [2.24, 2.45) is 0 Å². The molecule has 4 rings (SSSR count). The van der Waals surface area contributed by atoms with Crippen molar-refractivity contribution in [1.29, 1.82) is 0 Å². The summed E-state index contributed by atoms with van der Waals surface area (Å²) in [7, 11) is 0. The van der Waals surface area contributed by atoms with E-state index >= 15 is 0 Å². The largest absolute Gasteiger partial charge is 1.00 e. The molecule has 22 heavy (non-hydrogen) atoms. The van der Waals surface area contributed by atoms with Crippen molar-refractivity contribution in [1.82, 2.24) is 0 Å². The second-order valence-corrected chi connectivity index (χ2v) is 5.22. The highest BCUT2D eigenvalue weighted by Crippen LogP contribution is 2.54. The third-order valence-electron chi connectivity index (χ3n) is 3.87. The topological polar surface area (TPSA) is 0 Å². The van der Waals surface area contributed by atoms with E-state index in [2.05, 4.69) is 91.0 Å². The molecule has 0 nitrogen and oxygen atoms in total. The van der Waals surface area contributed by atoms with Crippen molar-refractivity contribution in [2.45, 2.75) is 0 Å². The number of rotatable bonds is 3. The van der Waals surface area contributed by atoms with Crippen molar-refractivity contribution >= 4 is 0 Å². The first-order valence-corrected chi connectivity index (χ1v) is 7.23. The molecule has 0 saturated heterocycles. The fraction of sp³-hybridized carbons (Fsp3) is 0. The maximum absolute atomic E-state index is 2.19. The summed E-state index contributed by atoms with van der Waals surface area (Å²) in [6.07, 6.45) is 0. The third kappa shape index (κ3) is 2.60. The summed E-state index contributed by atoms with van der Waals surface area (Å²) in [5.41, 5.74) is 8.05. The van der Waals surface area contributed by atoms with Gasteiger partial charge in [0.15, 0.2) is 0 Å². The molecule has 0 fully saturated rings. The fourth-order valence-electron chi connectivity index (χ4n) is 2.87. The van der Waals surface area contributed by atoms with E-state index in [1.165, 1.54) is 33.4 Å². The van der Waals surface area contributed by atoms with Crippen molar-refractivity contribution in [2.75, 3.05) is 0 Å². The van der Waals surface area contributed by atoms with E-state index in [4.69, 9.17) is 0 Å². The zero-order valence-electron chi connectivity index (χ0n) is 12.0. The first-order valence-electron chi connectivity index (χ1n) is 7.23. The van der Waals surface area contributed by atoms with Gasteiger partial charge in [0.25, 0.3) is 0 Å². The van der Waals surface area contributed by atoms with Gasteiger partial charge in [0.1, 0.15) is 16.7 Å². The van der Waals surface area contributed by atoms with Crippen LogP contribution < -0.4 is 17.0 Å². The van der Waals surface area contributed by atoms with E-state index in [1.54, 1.807) is 0 Å². The van der Waals surface area contributed by atoms with Crippen LogP contribution in [0.25, 0.3) is 33.4 Å². The molecule has 0 aromatic heterocycles. The first kappa shape index (κ1) is 14.7. The normalized spacial score (nSPS) is 10.4. The van der Waals surface area contributed by atoms with Crippen molar-refractivity contribution in [3.05, 3.63) is 91.0 Å². The molecule has 0 aliphatic rings. The molecule has 0 radical (unpaired) electrons. The van der Waals surface area contributed by atoms with Crippen molar-refractivity contribution in [3.63, 3.8) is 0 Å². The number of benzene rings is 3. The van der Waals surface area contributed by atoms with Gasteiger partial charge in [-0.2, -0.15) is 0 Å². The highest BCUT2D eigenvalue weighted by atomic mass is 79.9. The average molecular weight is 347 g/mol. The molecule has 1 heteroatoms. The van der Waals surface area contributed by atoms with E-state index in [0.29, 0.717) is 0 Å². The van der Waals surface area contributed by atoms with Crippen LogP contribution in [0.4, 0.5) is 0 Å². The maximum Gasteiger partial charge on any atom is 0.120 e. The van der Waals surface area contributed by atoms with Gasteiger partial charge in [-0.1, -0.05) is 42.5 Å². The lowest BCUT2D eigenvalue weighted by atomic mass is 10.1. The van der Waals surface area contributed by atoms with Crippen LogP contribution in [0.3, 0.4) is 0 Å². The Balaban J connectivity index is 0.00000144. The second kappa shape index (κ2) is 6.25. The fourth-order valence-corrected chi connectivity index (χ4v) is 2.87. The zero-order valence-corrected chi connectivity index (χ0v) is 13.6. The summed E-state index contributed by atoms with van der Waals surface area (Å²) in [5, 5.41) is 0. The minimum absolute atomic E-state index is 0. The molecule has 4 aromatic rings. The molecule has 0 atom stereocenters. The Hall–Kier alpha value is -2.25. The predicted molar refractivity (Wildman–Crippen MR) is 89.5 cm³/mol. The van der Waals surface area contributed by atoms with E-state index in [1.807, 2.05) is 0 Å². The quantitative estimate of drug-likeness (QED) is 0.500. The van der Waals surface area contributed by atoms with Gasteiger partial charge in [0, 0.05) is 0 Å². The third-order valence-corrected chi connectivity index (χ3v) is 3.87. The minimum atomic E-state index is 0. The summed E-state index contributed by atoms with van der Waals surface area (Å²) in [4.78, 5) is 0. The summed E-state index contributed by atoms with van der Waals surface area (Å²) >= 11 is 0. The molecule has 0 heterocycles. The van der Waals surface area contributed by atoms with Crippen LogP contribution in [0.5, 0.6) is 0 Å². The summed E-state index contributed by atoms with van der Waals surface area (Å²) in [6, 6.07) is 31.9. The molecule has 0 amide bonds. The maximum atomic E-state index is 2.19. The van der Waals surface area contributed by atoms with Crippen LogP contribution in [0.2, 0.25) is 0 Å². The molecular weight excluding hydrogens is 332 g/mol. The second-order valence-electron chi connectivity index (χ2n) is 5.22. The molecule has 0 unspecified atom stereocenters. The predicted octanol–water partition coefficient (Wildman–Crippen LogP) is 2.85. The van der Waals surface area contributed by atoms with Crippen LogP contribution in [0.15, 0.2) is 91.0 Å². The Morgan fingerprint density at radius 1 is 0.455 bits per heavy atom. The molecule has 4 aromatic carbocycles. The lowest BCUT2D eigenvalue weighted by Gasteiger charge is -1.87. The Bertz CT molecular complexity index is 689. The lowest BCUT2D eigenvalue weighted by Crippen LogP contribution is -3.00. The molecule has 0 spiro atoms. The van der Waals surface area contributed by atoms with Gasteiger partial charge < -0.3 is 17.0 Å². The molecule has 0 N–H and O–H groups in total. The van der Waals surface area contributed by atoms with Crippen LogP contribution in [-0.4, -0.2) is 0 Å². The van der Waals surface area contributed by atoms with E-state index in [-0.39, 0.29) is 17.0 Å². The van der Waals surface area contributed by atoms with Crippen LogP contribution in [0.1, 0.15) is 0 Å². The number of hydrogen-bond donors (Lipinski definition) is 0. The van der Waals surface area contributed by atoms with Gasteiger partial charge in [-0.15, -0.1) is 0 Å². The first-order chi connectivity index (χ1) is 10.4. The van der Waals surface area contributed by atoms with Crippen LogP contribution in [0, 0.1) is 0 Å². The molecule has 0 saturated carbocycles. The van der Waals surface area contributed by atoms with Gasteiger partial charge in [0.05, 0.1) is 16.7 Å². The molecule has 0 bridgehead atoms. The molecule has 0 aliphatic carbocycles.